The van der Waals surface area contributed by atoms with Gasteiger partial charge in [-0.15, -0.1) is 0 Å². The Labute approximate surface area is 170 Å². The molecule has 0 spiro atoms. The summed E-state index contributed by atoms with van der Waals surface area (Å²) in [6.07, 6.45) is 8.05. The van der Waals surface area contributed by atoms with Gasteiger partial charge in [0.15, 0.2) is 6.61 Å². The molecule has 156 valence electrons. The number of aromatic nitrogens is 2. The summed E-state index contributed by atoms with van der Waals surface area (Å²) < 4.78 is 6.88. The molecule has 0 saturated heterocycles. The Morgan fingerprint density at radius 1 is 1.17 bits per heavy atom. The van der Waals surface area contributed by atoms with Crippen LogP contribution in [0.2, 0.25) is 0 Å². The van der Waals surface area contributed by atoms with Crippen LogP contribution in [-0.2, 0) is 22.5 Å². The molecule has 7 heteroatoms. The second-order valence-electron chi connectivity index (χ2n) is 7.51. The second-order valence-corrected chi connectivity index (χ2v) is 7.51. The Hall–Kier alpha value is -2.70. The molecule has 1 aromatic heterocycles. The van der Waals surface area contributed by atoms with Gasteiger partial charge in [0, 0.05) is 19.5 Å². The largest absolute Gasteiger partial charge is 0.452 e. The first-order chi connectivity index (χ1) is 14.1. The number of hydrogen-bond donors (Lipinski definition) is 1. The highest BCUT2D eigenvalue weighted by Crippen LogP contribution is 2.17. The van der Waals surface area contributed by atoms with Crippen molar-refractivity contribution in [2.75, 3.05) is 13.2 Å². The number of esters is 1. The Bertz CT molecular complexity index is 936. The molecule has 0 saturated carbocycles. The summed E-state index contributed by atoms with van der Waals surface area (Å²) in [5.41, 5.74) is 0.734. The molecule has 0 aliphatic carbocycles. The summed E-state index contributed by atoms with van der Waals surface area (Å²) in [5, 5.41) is 3.23. The third-order valence-electron chi connectivity index (χ3n) is 5.24. The highest BCUT2D eigenvalue weighted by atomic mass is 16.5. The molecule has 7 nitrogen and oxygen atoms in total. The van der Waals surface area contributed by atoms with Gasteiger partial charge in [0.2, 0.25) is 0 Å². The fraction of sp³-hybridized carbons (Fsp3) is 0.545. The molecule has 2 heterocycles. The molecule has 2 aromatic rings. The lowest BCUT2D eigenvalue weighted by Gasteiger charge is -2.16. The Morgan fingerprint density at radius 3 is 2.83 bits per heavy atom. The van der Waals surface area contributed by atoms with Crippen molar-refractivity contribution in [2.45, 2.75) is 64.8 Å². The Balaban J connectivity index is 1.70. The molecule has 0 atom stereocenters. The first-order valence-corrected chi connectivity index (χ1v) is 10.6. The third-order valence-corrected chi connectivity index (χ3v) is 5.24. The van der Waals surface area contributed by atoms with E-state index in [4.69, 9.17) is 4.74 Å². The number of amides is 1. The number of benzene rings is 1. The maximum Gasteiger partial charge on any atom is 0.338 e. The standard InChI is InChI=1S/C22H29N3O4/c1-2-3-7-12-23-20(26)15-29-22(28)16-10-11-17-18(14-16)24-19-9-6-4-5-8-13-25(19)21(17)27/h10-11,14H,2-9,12-13,15H2,1H3,(H,23,26). The summed E-state index contributed by atoms with van der Waals surface area (Å²) >= 11 is 0. The van der Waals surface area contributed by atoms with E-state index < -0.39 is 5.97 Å². The van der Waals surface area contributed by atoms with Gasteiger partial charge in [-0.2, -0.15) is 0 Å². The number of nitrogens with zero attached hydrogens (tertiary/aromatic N) is 2. The monoisotopic (exact) mass is 399 g/mol. The number of nitrogens with one attached hydrogen (secondary N) is 1. The molecule has 1 aromatic carbocycles. The number of rotatable bonds is 7. The van der Waals surface area contributed by atoms with E-state index in [9.17, 15) is 14.4 Å². The van der Waals surface area contributed by atoms with Gasteiger partial charge >= 0.3 is 5.97 Å². The van der Waals surface area contributed by atoms with Crippen LogP contribution >= 0.6 is 0 Å². The fourth-order valence-corrected chi connectivity index (χ4v) is 3.59. The minimum Gasteiger partial charge on any atom is -0.452 e. The average molecular weight is 399 g/mol. The van der Waals surface area contributed by atoms with Crippen molar-refractivity contribution >= 4 is 22.8 Å². The molecule has 0 unspecified atom stereocenters. The zero-order valence-electron chi connectivity index (χ0n) is 17.0. The highest BCUT2D eigenvalue weighted by Gasteiger charge is 2.16. The van der Waals surface area contributed by atoms with Gasteiger partial charge in [-0.1, -0.05) is 32.6 Å². The minimum atomic E-state index is -0.593. The van der Waals surface area contributed by atoms with E-state index in [0.29, 0.717) is 29.6 Å². The SMILES string of the molecule is CCCCCNC(=O)COC(=O)c1ccc2c(=O)n3c(nc2c1)CCCCCC3. The predicted molar refractivity (Wildman–Crippen MR) is 111 cm³/mol. The quantitative estimate of drug-likeness (QED) is 0.571. The zero-order chi connectivity index (χ0) is 20.6. The van der Waals surface area contributed by atoms with Crippen molar-refractivity contribution in [1.29, 1.82) is 0 Å². The third kappa shape index (κ3) is 5.43. The van der Waals surface area contributed by atoms with Crippen LogP contribution in [0.25, 0.3) is 10.9 Å². The molecule has 3 rings (SSSR count). The van der Waals surface area contributed by atoms with Gasteiger partial charge in [-0.05, 0) is 37.5 Å². The second kappa shape index (κ2) is 10.2. The van der Waals surface area contributed by atoms with E-state index in [-0.39, 0.29) is 18.1 Å². The number of fused-ring (bicyclic) bond motifs is 2. The van der Waals surface area contributed by atoms with E-state index >= 15 is 0 Å². The number of unbranched alkanes of at least 4 members (excludes halogenated alkanes) is 2. The average Bonchev–Trinajstić information content (AvgIpc) is 2.70. The Morgan fingerprint density at radius 2 is 2.00 bits per heavy atom. The maximum atomic E-state index is 12.8. The van der Waals surface area contributed by atoms with Gasteiger partial charge in [-0.3, -0.25) is 14.2 Å². The molecule has 1 amide bonds. The number of ether oxygens (including phenoxy) is 1. The van der Waals surface area contributed by atoms with Crippen molar-refractivity contribution in [3.63, 3.8) is 0 Å². The topological polar surface area (TPSA) is 90.3 Å². The number of carbonyl (C=O) groups is 2. The fourth-order valence-electron chi connectivity index (χ4n) is 3.59. The van der Waals surface area contributed by atoms with Crippen LogP contribution in [-0.4, -0.2) is 34.6 Å². The van der Waals surface area contributed by atoms with Gasteiger partial charge in [0.05, 0.1) is 16.5 Å². The van der Waals surface area contributed by atoms with Gasteiger partial charge in [0.1, 0.15) is 5.82 Å². The first kappa shape index (κ1) is 21.0. The first-order valence-electron chi connectivity index (χ1n) is 10.6. The minimum absolute atomic E-state index is 0.0572. The maximum absolute atomic E-state index is 12.8. The highest BCUT2D eigenvalue weighted by molar-refractivity contribution is 5.95. The predicted octanol–water partition coefficient (Wildman–Crippen LogP) is 2.98. The van der Waals surface area contributed by atoms with Crippen LogP contribution in [0.3, 0.4) is 0 Å². The van der Waals surface area contributed by atoms with E-state index in [1.54, 1.807) is 22.8 Å². The Kier molecular flexibility index (Phi) is 7.38. The van der Waals surface area contributed by atoms with E-state index in [2.05, 4.69) is 17.2 Å². The summed E-state index contributed by atoms with van der Waals surface area (Å²) in [7, 11) is 0. The number of hydrogen-bond acceptors (Lipinski definition) is 5. The number of aryl methyl sites for hydroxylation is 1. The molecule has 29 heavy (non-hydrogen) atoms. The lowest BCUT2D eigenvalue weighted by atomic mass is 10.1. The van der Waals surface area contributed by atoms with E-state index in [0.717, 1.165) is 57.2 Å². The summed E-state index contributed by atoms with van der Waals surface area (Å²) in [5.74, 6) is -0.128. The normalized spacial score (nSPS) is 14.0. The van der Waals surface area contributed by atoms with Crippen LogP contribution < -0.4 is 10.9 Å². The summed E-state index contributed by atoms with van der Waals surface area (Å²) in [6, 6.07) is 4.76. The molecular weight excluding hydrogens is 370 g/mol. The lowest BCUT2D eigenvalue weighted by Crippen LogP contribution is -2.29. The lowest BCUT2D eigenvalue weighted by molar-refractivity contribution is -0.124. The van der Waals surface area contributed by atoms with Crippen molar-refractivity contribution in [2.24, 2.45) is 0 Å². The van der Waals surface area contributed by atoms with Gasteiger partial charge in [-0.25, -0.2) is 9.78 Å². The van der Waals surface area contributed by atoms with E-state index in [1.807, 2.05) is 0 Å². The molecule has 0 bridgehead atoms. The van der Waals surface area contributed by atoms with Crippen LogP contribution in [0.4, 0.5) is 0 Å². The van der Waals surface area contributed by atoms with E-state index in [1.165, 1.54) is 0 Å². The van der Waals surface area contributed by atoms with Crippen LogP contribution in [0, 0.1) is 0 Å². The molecule has 1 aliphatic rings. The molecular formula is C22H29N3O4. The molecule has 1 aliphatic heterocycles. The van der Waals surface area contributed by atoms with Crippen molar-refractivity contribution in [3.8, 4) is 0 Å². The summed E-state index contributed by atoms with van der Waals surface area (Å²) in [4.78, 5) is 41.6. The van der Waals surface area contributed by atoms with Crippen LogP contribution in [0.1, 0.15) is 68.1 Å². The molecule has 1 N–H and O–H groups in total. The van der Waals surface area contributed by atoms with Crippen LogP contribution in [0.15, 0.2) is 23.0 Å². The number of carbonyl (C=O) groups excluding carboxylic acids is 2. The summed E-state index contributed by atoms with van der Waals surface area (Å²) in [6.45, 7) is 3.05. The van der Waals surface area contributed by atoms with Crippen molar-refractivity contribution in [3.05, 3.63) is 39.9 Å². The van der Waals surface area contributed by atoms with Crippen LogP contribution in [0.5, 0.6) is 0 Å². The van der Waals surface area contributed by atoms with Gasteiger partial charge < -0.3 is 10.1 Å². The zero-order valence-corrected chi connectivity index (χ0v) is 17.0. The van der Waals surface area contributed by atoms with Crippen molar-refractivity contribution in [1.82, 2.24) is 14.9 Å². The van der Waals surface area contributed by atoms with Crippen molar-refractivity contribution < 1.29 is 14.3 Å². The smallest absolute Gasteiger partial charge is 0.338 e. The van der Waals surface area contributed by atoms with Gasteiger partial charge in [0.25, 0.3) is 11.5 Å². The molecule has 0 radical (unpaired) electrons. The molecule has 0 fully saturated rings.